The van der Waals surface area contributed by atoms with Crippen LogP contribution in [0.25, 0.3) is 0 Å². The second-order valence-electron chi connectivity index (χ2n) is 4.18. The van der Waals surface area contributed by atoms with Gasteiger partial charge in [0.15, 0.2) is 0 Å². The Morgan fingerprint density at radius 3 is 3.00 bits per heavy atom. The number of aromatic nitrogens is 2. The zero-order chi connectivity index (χ0) is 12.4. The Bertz CT molecular complexity index is 409. The number of nitrogens with zero attached hydrogens (tertiary/aromatic N) is 3. The van der Waals surface area contributed by atoms with Crippen LogP contribution in [0.4, 0.5) is 5.13 Å². The van der Waals surface area contributed by atoms with E-state index in [9.17, 15) is 9.90 Å². The van der Waals surface area contributed by atoms with Gasteiger partial charge in [-0.1, -0.05) is 18.3 Å². The largest absolute Gasteiger partial charge is 0.394 e. The molecule has 1 aromatic heterocycles. The van der Waals surface area contributed by atoms with Crippen molar-refractivity contribution in [3.05, 3.63) is 5.01 Å². The van der Waals surface area contributed by atoms with E-state index in [1.54, 1.807) is 11.9 Å². The van der Waals surface area contributed by atoms with Gasteiger partial charge in [0.1, 0.15) is 0 Å². The van der Waals surface area contributed by atoms with Crippen molar-refractivity contribution in [3.63, 3.8) is 0 Å². The van der Waals surface area contributed by atoms with Crippen LogP contribution in [-0.4, -0.2) is 52.4 Å². The number of hydrogen-bond acceptors (Lipinski definition) is 6. The highest BCUT2D eigenvalue weighted by Gasteiger charge is 2.35. The number of likely N-dealkylation sites (tertiary alicyclic amines) is 1. The number of aliphatic hydroxyl groups excluding tert-OH is 1. The number of aliphatic hydroxyl groups is 1. The molecule has 0 aromatic carbocycles. The van der Waals surface area contributed by atoms with E-state index < -0.39 is 0 Å². The van der Waals surface area contributed by atoms with Crippen LogP contribution < -0.4 is 5.32 Å². The average Bonchev–Trinajstić information content (AvgIpc) is 2.94. The molecule has 1 saturated heterocycles. The van der Waals surface area contributed by atoms with Gasteiger partial charge in [0.25, 0.3) is 5.91 Å². The Balaban J connectivity index is 2.14. The summed E-state index contributed by atoms with van der Waals surface area (Å²) >= 11 is 1.24. The third kappa shape index (κ3) is 2.25. The number of amides is 1. The van der Waals surface area contributed by atoms with E-state index in [0.717, 1.165) is 6.42 Å². The zero-order valence-electron chi connectivity index (χ0n) is 9.88. The van der Waals surface area contributed by atoms with Crippen molar-refractivity contribution >= 4 is 22.4 Å². The van der Waals surface area contributed by atoms with Crippen molar-refractivity contribution in [1.29, 1.82) is 0 Å². The summed E-state index contributed by atoms with van der Waals surface area (Å²) < 4.78 is 0. The maximum atomic E-state index is 12.2. The molecule has 2 unspecified atom stereocenters. The fraction of sp³-hybridized carbons (Fsp3) is 0.700. The molecule has 0 saturated carbocycles. The molecule has 2 atom stereocenters. The molecule has 2 N–H and O–H groups in total. The van der Waals surface area contributed by atoms with Crippen molar-refractivity contribution < 1.29 is 9.90 Å². The topological polar surface area (TPSA) is 78.4 Å². The van der Waals surface area contributed by atoms with E-state index in [1.165, 1.54) is 11.3 Å². The first-order valence-electron chi connectivity index (χ1n) is 5.60. The molecule has 2 heterocycles. The maximum absolute atomic E-state index is 12.2. The fourth-order valence-electron chi connectivity index (χ4n) is 2.07. The molecule has 1 aliphatic rings. The number of carbonyl (C=O) groups excluding carboxylic acids is 1. The van der Waals surface area contributed by atoms with Gasteiger partial charge in [-0.3, -0.25) is 4.79 Å². The third-order valence-electron chi connectivity index (χ3n) is 3.15. The molecule has 1 amide bonds. The van der Waals surface area contributed by atoms with Gasteiger partial charge < -0.3 is 15.3 Å². The quantitative estimate of drug-likeness (QED) is 0.819. The summed E-state index contributed by atoms with van der Waals surface area (Å²) in [5, 5.41) is 20.9. The van der Waals surface area contributed by atoms with E-state index in [1.807, 2.05) is 6.92 Å². The Labute approximate surface area is 104 Å². The molecule has 2 rings (SSSR count). The highest BCUT2D eigenvalue weighted by molar-refractivity contribution is 7.17. The first-order chi connectivity index (χ1) is 8.17. The number of nitrogens with one attached hydrogen (secondary N) is 1. The van der Waals surface area contributed by atoms with E-state index in [4.69, 9.17) is 0 Å². The van der Waals surface area contributed by atoms with Gasteiger partial charge in [-0.25, -0.2) is 0 Å². The lowest BCUT2D eigenvalue weighted by Gasteiger charge is -2.23. The molecular formula is C10H16N4O2S. The number of anilines is 1. The van der Waals surface area contributed by atoms with Crippen molar-refractivity contribution in [2.75, 3.05) is 25.5 Å². The molecule has 94 valence electrons. The van der Waals surface area contributed by atoms with Crippen molar-refractivity contribution in [2.45, 2.75) is 19.4 Å². The van der Waals surface area contributed by atoms with Gasteiger partial charge in [-0.2, -0.15) is 0 Å². The molecule has 0 aliphatic carbocycles. The molecule has 0 radical (unpaired) electrons. The standard InChI is InChI=1S/C10H16N4O2S/c1-6-3-4-14(7(6)5-15)9(16)8-12-13-10(11-2)17-8/h6-7,15H,3-5H2,1-2H3,(H,11,13). The Morgan fingerprint density at radius 1 is 1.65 bits per heavy atom. The first kappa shape index (κ1) is 12.3. The van der Waals surface area contributed by atoms with Gasteiger partial charge in [0, 0.05) is 13.6 Å². The molecule has 0 bridgehead atoms. The van der Waals surface area contributed by atoms with E-state index in [0.29, 0.717) is 22.6 Å². The second kappa shape index (κ2) is 4.97. The number of carbonyl (C=O) groups is 1. The summed E-state index contributed by atoms with van der Waals surface area (Å²) in [5.41, 5.74) is 0. The summed E-state index contributed by atoms with van der Waals surface area (Å²) in [4.78, 5) is 13.9. The third-order valence-corrected chi connectivity index (χ3v) is 4.08. The lowest BCUT2D eigenvalue weighted by Crippen LogP contribution is -2.39. The monoisotopic (exact) mass is 256 g/mol. The predicted molar refractivity (Wildman–Crippen MR) is 65.1 cm³/mol. The van der Waals surface area contributed by atoms with Crippen molar-refractivity contribution in [3.8, 4) is 0 Å². The smallest absolute Gasteiger partial charge is 0.285 e. The molecule has 7 heteroatoms. The van der Waals surface area contributed by atoms with Crippen LogP contribution in [0.5, 0.6) is 0 Å². The van der Waals surface area contributed by atoms with Gasteiger partial charge in [0.05, 0.1) is 12.6 Å². The summed E-state index contributed by atoms with van der Waals surface area (Å²) in [6, 6.07) is -0.0931. The lowest BCUT2D eigenvalue weighted by atomic mass is 10.0. The van der Waals surface area contributed by atoms with Crippen LogP contribution in [0.1, 0.15) is 23.1 Å². The van der Waals surface area contributed by atoms with Gasteiger partial charge >= 0.3 is 0 Å². The van der Waals surface area contributed by atoms with Crippen LogP contribution >= 0.6 is 11.3 Å². The Morgan fingerprint density at radius 2 is 2.41 bits per heavy atom. The minimum Gasteiger partial charge on any atom is -0.394 e. The summed E-state index contributed by atoms with van der Waals surface area (Å²) in [7, 11) is 1.74. The first-order valence-corrected chi connectivity index (χ1v) is 6.42. The van der Waals surface area contributed by atoms with Crippen molar-refractivity contribution in [1.82, 2.24) is 15.1 Å². The maximum Gasteiger partial charge on any atom is 0.285 e. The van der Waals surface area contributed by atoms with E-state index >= 15 is 0 Å². The lowest BCUT2D eigenvalue weighted by molar-refractivity contribution is 0.0647. The normalized spacial score (nSPS) is 24.1. The van der Waals surface area contributed by atoms with E-state index in [-0.39, 0.29) is 18.6 Å². The minimum atomic E-state index is -0.132. The van der Waals surface area contributed by atoms with Gasteiger partial charge in [-0.05, 0) is 12.3 Å². The number of hydrogen-bond donors (Lipinski definition) is 2. The average molecular weight is 256 g/mol. The molecule has 17 heavy (non-hydrogen) atoms. The molecule has 0 spiro atoms. The zero-order valence-corrected chi connectivity index (χ0v) is 10.7. The van der Waals surface area contributed by atoms with E-state index in [2.05, 4.69) is 15.5 Å². The van der Waals surface area contributed by atoms with Crippen LogP contribution in [0.3, 0.4) is 0 Å². The number of rotatable bonds is 3. The SMILES string of the molecule is CNc1nnc(C(=O)N2CCC(C)C2CO)s1. The summed E-state index contributed by atoms with van der Waals surface area (Å²) in [6.07, 6.45) is 0.925. The molecule has 1 aromatic rings. The van der Waals surface area contributed by atoms with Crippen LogP contribution in [-0.2, 0) is 0 Å². The minimum absolute atomic E-state index is 0.00456. The van der Waals surface area contributed by atoms with Crippen molar-refractivity contribution in [2.24, 2.45) is 5.92 Å². The molecule has 1 fully saturated rings. The predicted octanol–water partition coefficient (Wildman–Crippen LogP) is 0.423. The van der Waals surface area contributed by atoms with Gasteiger partial charge in [-0.15, -0.1) is 10.2 Å². The van der Waals surface area contributed by atoms with Crippen LogP contribution in [0.2, 0.25) is 0 Å². The molecule has 6 nitrogen and oxygen atoms in total. The van der Waals surface area contributed by atoms with Crippen LogP contribution in [0.15, 0.2) is 0 Å². The van der Waals surface area contributed by atoms with Crippen LogP contribution in [0, 0.1) is 5.92 Å². The van der Waals surface area contributed by atoms with Gasteiger partial charge in [0.2, 0.25) is 10.1 Å². The highest BCUT2D eigenvalue weighted by Crippen LogP contribution is 2.26. The second-order valence-corrected chi connectivity index (χ2v) is 5.15. The molecule has 1 aliphatic heterocycles. The fourth-order valence-corrected chi connectivity index (χ4v) is 2.73. The molecular weight excluding hydrogens is 240 g/mol. The Hall–Kier alpha value is -1.21. The highest BCUT2D eigenvalue weighted by atomic mass is 32.1. The summed E-state index contributed by atoms with van der Waals surface area (Å²) in [6.45, 7) is 2.73. The Kier molecular flexibility index (Phi) is 3.58. The summed E-state index contributed by atoms with van der Waals surface area (Å²) in [5.74, 6) is 0.202.